The number of nitrogens with zero attached hydrogens (tertiary/aromatic N) is 4. The third-order valence-corrected chi connectivity index (χ3v) is 7.14. The van der Waals surface area contributed by atoms with Crippen LogP contribution in [0.3, 0.4) is 0 Å². The van der Waals surface area contributed by atoms with E-state index in [1.807, 2.05) is 37.3 Å². The third-order valence-electron chi connectivity index (χ3n) is 5.16. The molecule has 174 valence electrons. The number of hydrogen-bond donors (Lipinski definition) is 1. The molecule has 0 aliphatic heterocycles. The van der Waals surface area contributed by atoms with Crippen LogP contribution >= 0.6 is 0 Å². The van der Waals surface area contributed by atoms with Crippen molar-refractivity contribution in [1.29, 1.82) is 0 Å². The number of aromatic nitrogens is 4. The summed E-state index contributed by atoms with van der Waals surface area (Å²) in [4.78, 5) is 25.3. The molecule has 0 radical (unpaired) electrons. The van der Waals surface area contributed by atoms with Crippen molar-refractivity contribution in [1.82, 2.24) is 18.9 Å². The van der Waals surface area contributed by atoms with Gasteiger partial charge in [0.1, 0.15) is 12.0 Å². The maximum atomic E-state index is 13.7. The molecule has 0 unspecified atom stereocenters. The van der Waals surface area contributed by atoms with Crippen molar-refractivity contribution in [3.05, 3.63) is 83.4 Å². The summed E-state index contributed by atoms with van der Waals surface area (Å²) in [5.41, 5.74) is 3.05. The van der Waals surface area contributed by atoms with Gasteiger partial charge in [0.25, 0.3) is 10.0 Å². The Morgan fingerprint density at radius 3 is 2.32 bits per heavy atom. The van der Waals surface area contributed by atoms with Gasteiger partial charge in [-0.2, -0.15) is 4.98 Å². The van der Waals surface area contributed by atoms with E-state index in [1.54, 1.807) is 26.0 Å². The van der Waals surface area contributed by atoms with Crippen molar-refractivity contribution < 1.29 is 17.9 Å². The third kappa shape index (κ3) is 4.40. The predicted octanol–water partition coefficient (Wildman–Crippen LogP) is 4.03. The van der Waals surface area contributed by atoms with Crippen LogP contribution < -0.4 is 5.32 Å². The zero-order valence-electron chi connectivity index (χ0n) is 19.1. The summed E-state index contributed by atoms with van der Waals surface area (Å²) >= 11 is 0. The first-order valence-electron chi connectivity index (χ1n) is 10.4. The average Bonchev–Trinajstić information content (AvgIpc) is 3.25. The largest absolute Gasteiger partial charge is 0.464 e. The van der Waals surface area contributed by atoms with Gasteiger partial charge in [-0.3, -0.25) is 0 Å². The van der Waals surface area contributed by atoms with E-state index in [1.165, 1.54) is 25.7 Å². The Hall–Kier alpha value is -4.05. The monoisotopic (exact) mass is 477 g/mol. The lowest BCUT2D eigenvalue weighted by atomic mass is 10.1. The van der Waals surface area contributed by atoms with Crippen molar-refractivity contribution in [2.24, 2.45) is 0 Å². The number of carbonyl (C=O) groups is 1. The van der Waals surface area contributed by atoms with Crippen LogP contribution in [-0.4, -0.2) is 40.4 Å². The van der Waals surface area contributed by atoms with Crippen LogP contribution in [0.15, 0.2) is 66.0 Å². The number of aryl methyl sites for hydroxylation is 3. The second-order valence-electron chi connectivity index (χ2n) is 7.76. The minimum absolute atomic E-state index is 0.132. The normalized spacial score (nSPS) is 11.3. The maximum Gasteiger partial charge on any atom is 0.355 e. The molecule has 10 heteroatoms. The molecule has 0 saturated carbocycles. The second kappa shape index (κ2) is 9.06. The molecule has 2 heterocycles. The first-order valence-corrected chi connectivity index (χ1v) is 11.8. The molecule has 0 saturated heterocycles. The van der Waals surface area contributed by atoms with E-state index >= 15 is 0 Å². The van der Waals surface area contributed by atoms with E-state index in [4.69, 9.17) is 4.74 Å². The highest BCUT2D eigenvalue weighted by Gasteiger charge is 2.28. The standard InChI is InChI=1S/C24H23N5O4S/c1-15-10-16(2)21(17(3)11-15)34(31,32)29-13-18(12-20(29)23(30)33-4)22-25-14-26-24(28-22)27-19-8-6-5-7-9-19/h5-14H,1-4H3,(H,25,26,27,28). The van der Waals surface area contributed by atoms with Gasteiger partial charge in [0, 0.05) is 17.4 Å². The molecule has 34 heavy (non-hydrogen) atoms. The molecule has 0 bridgehead atoms. The molecule has 9 nitrogen and oxygen atoms in total. The molecule has 0 aliphatic rings. The van der Waals surface area contributed by atoms with Crippen molar-refractivity contribution in [2.75, 3.05) is 12.4 Å². The number of anilines is 2. The number of ether oxygens (including phenoxy) is 1. The van der Waals surface area contributed by atoms with Crippen LogP contribution in [0.4, 0.5) is 11.6 Å². The number of hydrogen-bond acceptors (Lipinski definition) is 8. The van der Waals surface area contributed by atoms with Crippen molar-refractivity contribution in [2.45, 2.75) is 25.7 Å². The summed E-state index contributed by atoms with van der Waals surface area (Å²) in [6, 6.07) is 14.3. The summed E-state index contributed by atoms with van der Waals surface area (Å²) in [5.74, 6) is -0.324. The van der Waals surface area contributed by atoms with Gasteiger partial charge in [-0.1, -0.05) is 35.9 Å². The van der Waals surface area contributed by atoms with Gasteiger partial charge in [-0.25, -0.2) is 27.2 Å². The van der Waals surface area contributed by atoms with E-state index in [0.717, 1.165) is 15.2 Å². The SMILES string of the molecule is COC(=O)c1cc(-c2ncnc(Nc3ccccc3)n2)cn1S(=O)(=O)c1c(C)cc(C)cc1C. The number of rotatable bonds is 6. The van der Waals surface area contributed by atoms with Crippen molar-refractivity contribution in [3.8, 4) is 11.4 Å². The Morgan fingerprint density at radius 1 is 1.00 bits per heavy atom. The molecule has 2 aromatic heterocycles. The first kappa shape index (κ1) is 23.1. The quantitative estimate of drug-likeness (QED) is 0.414. The molecular formula is C24H23N5O4S. The minimum Gasteiger partial charge on any atom is -0.464 e. The zero-order chi connectivity index (χ0) is 24.5. The number of benzene rings is 2. The van der Waals surface area contributed by atoms with Crippen LogP contribution in [0, 0.1) is 20.8 Å². The van der Waals surface area contributed by atoms with Gasteiger partial charge in [0.2, 0.25) is 5.95 Å². The molecule has 0 amide bonds. The zero-order valence-corrected chi connectivity index (χ0v) is 19.9. The minimum atomic E-state index is -4.12. The highest BCUT2D eigenvalue weighted by molar-refractivity contribution is 7.90. The smallest absolute Gasteiger partial charge is 0.355 e. The molecule has 1 N–H and O–H groups in total. The van der Waals surface area contributed by atoms with Crippen LogP contribution in [0.2, 0.25) is 0 Å². The van der Waals surface area contributed by atoms with Gasteiger partial charge < -0.3 is 10.1 Å². The van der Waals surface area contributed by atoms with E-state index in [2.05, 4.69) is 20.3 Å². The van der Waals surface area contributed by atoms with Crippen LogP contribution in [0.5, 0.6) is 0 Å². The van der Waals surface area contributed by atoms with Gasteiger partial charge in [-0.15, -0.1) is 0 Å². The summed E-state index contributed by atoms with van der Waals surface area (Å²) in [5, 5.41) is 3.07. The Labute approximate surface area is 197 Å². The molecular weight excluding hydrogens is 454 g/mol. The van der Waals surface area contributed by atoms with Crippen LogP contribution in [0.1, 0.15) is 27.2 Å². The molecule has 0 atom stereocenters. The fraction of sp³-hybridized carbons (Fsp3) is 0.167. The predicted molar refractivity (Wildman–Crippen MR) is 128 cm³/mol. The topological polar surface area (TPSA) is 116 Å². The number of methoxy groups -OCH3 is 1. The molecule has 4 rings (SSSR count). The molecule has 0 fully saturated rings. The Balaban J connectivity index is 1.82. The summed E-state index contributed by atoms with van der Waals surface area (Å²) in [6.45, 7) is 5.34. The van der Waals surface area contributed by atoms with Gasteiger partial charge in [0.15, 0.2) is 5.82 Å². The molecule has 0 aliphatic carbocycles. The first-order chi connectivity index (χ1) is 16.2. The molecule has 2 aromatic carbocycles. The lowest BCUT2D eigenvalue weighted by molar-refractivity contribution is 0.0593. The van der Waals surface area contributed by atoms with Gasteiger partial charge in [-0.05, 0) is 50.1 Å². The van der Waals surface area contributed by atoms with Gasteiger partial charge >= 0.3 is 5.97 Å². The number of esters is 1. The van der Waals surface area contributed by atoms with E-state index in [9.17, 15) is 13.2 Å². The highest BCUT2D eigenvalue weighted by Crippen LogP contribution is 2.29. The summed E-state index contributed by atoms with van der Waals surface area (Å²) < 4.78 is 33.1. The Morgan fingerprint density at radius 2 is 1.68 bits per heavy atom. The van der Waals surface area contributed by atoms with Gasteiger partial charge in [0.05, 0.1) is 12.0 Å². The summed E-state index contributed by atoms with van der Waals surface area (Å²) in [6.07, 6.45) is 2.63. The molecule has 4 aromatic rings. The number of carbonyl (C=O) groups excluding carboxylic acids is 1. The van der Waals surface area contributed by atoms with Crippen molar-refractivity contribution >= 4 is 27.6 Å². The maximum absolute atomic E-state index is 13.7. The Bertz CT molecular complexity index is 1460. The van der Waals surface area contributed by atoms with E-state index < -0.39 is 16.0 Å². The lowest BCUT2D eigenvalue weighted by Gasteiger charge is -2.14. The Kier molecular flexibility index (Phi) is 6.16. The number of para-hydroxylation sites is 1. The van der Waals surface area contributed by atoms with Crippen LogP contribution in [0.25, 0.3) is 11.4 Å². The fourth-order valence-electron chi connectivity index (χ4n) is 3.84. The van der Waals surface area contributed by atoms with Crippen molar-refractivity contribution in [3.63, 3.8) is 0 Å². The van der Waals surface area contributed by atoms with E-state index in [-0.39, 0.29) is 22.4 Å². The average molecular weight is 478 g/mol. The molecule has 0 spiro atoms. The van der Waals surface area contributed by atoms with Crippen LogP contribution in [-0.2, 0) is 14.8 Å². The summed E-state index contributed by atoms with van der Waals surface area (Å²) in [7, 11) is -2.93. The highest BCUT2D eigenvalue weighted by atomic mass is 32.2. The second-order valence-corrected chi connectivity index (χ2v) is 9.51. The van der Waals surface area contributed by atoms with E-state index in [0.29, 0.717) is 16.7 Å². The lowest BCUT2D eigenvalue weighted by Crippen LogP contribution is -2.20. The fourth-order valence-corrected chi connectivity index (χ4v) is 5.60. The number of nitrogens with one attached hydrogen (secondary N) is 1.